The van der Waals surface area contributed by atoms with E-state index >= 15 is 0 Å². The summed E-state index contributed by atoms with van der Waals surface area (Å²) in [4.78, 5) is 26.9. The topological polar surface area (TPSA) is 82.7 Å². The molecule has 146 valence electrons. The maximum absolute atomic E-state index is 12.6. The van der Waals surface area contributed by atoms with Gasteiger partial charge < -0.3 is 25.6 Å². The molecule has 0 bridgehead atoms. The number of hydrogen-bond acceptors (Lipinski definition) is 4. The zero-order valence-corrected chi connectivity index (χ0v) is 16.2. The molecule has 28 heavy (non-hydrogen) atoms. The predicted octanol–water partition coefficient (Wildman–Crippen LogP) is 3.53. The number of carbonyl (C=O) groups is 2. The van der Waals surface area contributed by atoms with E-state index in [1.807, 2.05) is 12.1 Å². The molecule has 2 heterocycles. The number of benzene rings is 2. The summed E-state index contributed by atoms with van der Waals surface area (Å²) in [5, 5.41) is 9.94. The van der Waals surface area contributed by atoms with Gasteiger partial charge in [0.1, 0.15) is 11.4 Å². The molecule has 0 unspecified atom stereocenters. The fourth-order valence-electron chi connectivity index (χ4n) is 3.68. The molecule has 2 aliphatic heterocycles. The fourth-order valence-corrected chi connectivity index (χ4v) is 3.85. The van der Waals surface area contributed by atoms with Crippen molar-refractivity contribution in [2.75, 3.05) is 30.8 Å². The molecule has 3 N–H and O–H groups in total. The molecule has 2 aliphatic rings. The molecular weight excluding hydrogens is 380 g/mol. The zero-order chi connectivity index (χ0) is 19.7. The highest BCUT2D eigenvalue weighted by molar-refractivity contribution is 6.31. The van der Waals surface area contributed by atoms with Crippen molar-refractivity contribution in [3.05, 3.63) is 53.1 Å². The highest BCUT2D eigenvalue weighted by atomic mass is 35.5. The number of methoxy groups -OCH3 is 1. The highest BCUT2D eigenvalue weighted by Gasteiger charge is 2.41. The Balaban J connectivity index is 1.43. The highest BCUT2D eigenvalue weighted by Crippen LogP contribution is 2.33. The van der Waals surface area contributed by atoms with Gasteiger partial charge in [0, 0.05) is 31.0 Å². The number of piperidine rings is 1. The second-order valence-corrected chi connectivity index (χ2v) is 7.41. The predicted molar refractivity (Wildman–Crippen MR) is 108 cm³/mol. The Morgan fingerprint density at radius 2 is 1.93 bits per heavy atom. The SMILES string of the molecule is COc1ccccc1NC(=O)N1CCC2(CC1)NC(=O)c1ccc(Cl)cc1N2. The Kier molecular flexibility index (Phi) is 4.77. The smallest absolute Gasteiger partial charge is 0.321 e. The van der Waals surface area contributed by atoms with Crippen LogP contribution in [0.25, 0.3) is 0 Å². The number of nitrogens with zero attached hydrogens (tertiary/aromatic N) is 1. The lowest BCUT2D eigenvalue weighted by atomic mass is 9.92. The number of fused-ring (bicyclic) bond motifs is 1. The number of hydrogen-bond donors (Lipinski definition) is 3. The minimum atomic E-state index is -0.573. The molecule has 3 amide bonds. The van der Waals surface area contributed by atoms with E-state index in [9.17, 15) is 9.59 Å². The van der Waals surface area contributed by atoms with Crippen LogP contribution in [0.4, 0.5) is 16.2 Å². The van der Waals surface area contributed by atoms with Gasteiger partial charge in [-0.15, -0.1) is 0 Å². The van der Waals surface area contributed by atoms with Gasteiger partial charge in [-0.2, -0.15) is 0 Å². The van der Waals surface area contributed by atoms with E-state index < -0.39 is 5.66 Å². The average molecular weight is 401 g/mol. The van der Waals surface area contributed by atoms with Gasteiger partial charge in [0.05, 0.1) is 24.0 Å². The van der Waals surface area contributed by atoms with E-state index in [0.717, 1.165) is 5.69 Å². The number of rotatable bonds is 2. The normalized spacial score (nSPS) is 17.4. The summed E-state index contributed by atoms with van der Waals surface area (Å²) in [6, 6.07) is 12.3. The van der Waals surface area contributed by atoms with Crippen LogP contribution in [-0.4, -0.2) is 42.7 Å². The van der Waals surface area contributed by atoms with Crippen molar-refractivity contribution in [3.8, 4) is 5.75 Å². The Hall–Kier alpha value is -2.93. The Bertz CT molecular complexity index is 925. The number of likely N-dealkylation sites (tertiary alicyclic amines) is 1. The summed E-state index contributed by atoms with van der Waals surface area (Å²) in [5.41, 5.74) is 1.35. The van der Waals surface area contributed by atoms with Gasteiger partial charge in [-0.1, -0.05) is 23.7 Å². The first kappa shape index (κ1) is 18.4. The van der Waals surface area contributed by atoms with E-state index in [4.69, 9.17) is 16.3 Å². The van der Waals surface area contributed by atoms with Gasteiger partial charge >= 0.3 is 6.03 Å². The number of nitrogens with one attached hydrogen (secondary N) is 3. The molecule has 1 fully saturated rings. The Morgan fingerprint density at radius 1 is 1.18 bits per heavy atom. The first-order valence-corrected chi connectivity index (χ1v) is 9.47. The van der Waals surface area contributed by atoms with Crippen molar-refractivity contribution < 1.29 is 14.3 Å². The number of carbonyl (C=O) groups excluding carboxylic acids is 2. The second kappa shape index (κ2) is 7.24. The molecule has 0 saturated carbocycles. The fraction of sp³-hybridized carbons (Fsp3) is 0.300. The minimum absolute atomic E-state index is 0.127. The summed E-state index contributed by atoms with van der Waals surface area (Å²) >= 11 is 6.08. The van der Waals surface area contributed by atoms with Gasteiger partial charge in [0.25, 0.3) is 5.91 Å². The van der Waals surface area contributed by atoms with Crippen LogP contribution in [0.5, 0.6) is 5.75 Å². The molecule has 1 saturated heterocycles. The van der Waals surface area contributed by atoms with Crippen LogP contribution in [0.3, 0.4) is 0 Å². The molecule has 4 rings (SSSR count). The monoisotopic (exact) mass is 400 g/mol. The van der Waals surface area contributed by atoms with Crippen LogP contribution in [-0.2, 0) is 0 Å². The van der Waals surface area contributed by atoms with Crippen molar-refractivity contribution in [1.29, 1.82) is 0 Å². The summed E-state index contributed by atoms with van der Waals surface area (Å²) in [7, 11) is 1.57. The van der Waals surface area contributed by atoms with Crippen molar-refractivity contribution in [1.82, 2.24) is 10.2 Å². The molecule has 2 aromatic rings. The van der Waals surface area contributed by atoms with Crippen LogP contribution < -0.4 is 20.7 Å². The maximum atomic E-state index is 12.6. The second-order valence-electron chi connectivity index (χ2n) is 6.97. The van der Waals surface area contributed by atoms with Crippen molar-refractivity contribution >= 4 is 34.9 Å². The van der Waals surface area contributed by atoms with Crippen molar-refractivity contribution in [3.63, 3.8) is 0 Å². The third-order valence-corrected chi connectivity index (χ3v) is 5.44. The first-order chi connectivity index (χ1) is 13.5. The van der Waals surface area contributed by atoms with Gasteiger partial charge in [-0.3, -0.25) is 4.79 Å². The molecule has 0 atom stereocenters. The number of anilines is 2. The summed E-state index contributed by atoms with van der Waals surface area (Å²) in [6.45, 7) is 1.01. The number of ether oxygens (including phenoxy) is 1. The quantitative estimate of drug-likeness (QED) is 0.720. The van der Waals surface area contributed by atoms with Crippen molar-refractivity contribution in [2.45, 2.75) is 18.5 Å². The largest absolute Gasteiger partial charge is 0.495 e. The van der Waals surface area contributed by atoms with Gasteiger partial charge in [0.2, 0.25) is 0 Å². The Labute approximate surface area is 168 Å². The van der Waals surface area contributed by atoms with E-state index in [0.29, 0.717) is 48.0 Å². The van der Waals surface area contributed by atoms with Crippen LogP contribution in [0.15, 0.2) is 42.5 Å². The van der Waals surface area contributed by atoms with Crippen LogP contribution in [0.2, 0.25) is 5.02 Å². The van der Waals surface area contributed by atoms with Crippen LogP contribution >= 0.6 is 11.6 Å². The molecule has 0 aromatic heterocycles. The lowest BCUT2D eigenvalue weighted by Crippen LogP contribution is -2.63. The lowest BCUT2D eigenvalue weighted by Gasteiger charge is -2.45. The van der Waals surface area contributed by atoms with E-state index in [2.05, 4.69) is 16.0 Å². The maximum Gasteiger partial charge on any atom is 0.321 e. The molecule has 2 aromatic carbocycles. The molecule has 1 spiro atoms. The zero-order valence-electron chi connectivity index (χ0n) is 15.4. The van der Waals surface area contributed by atoms with Gasteiger partial charge in [-0.05, 0) is 30.3 Å². The summed E-state index contributed by atoms with van der Waals surface area (Å²) in [6.07, 6.45) is 1.17. The van der Waals surface area contributed by atoms with E-state index in [1.165, 1.54) is 0 Å². The third kappa shape index (κ3) is 3.45. The molecule has 0 aliphatic carbocycles. The molecular formula is C20H21ClN4O3. The lowest BCUT2D eigenvalue weighted by molar-refractivity contribution is 0.0852. The standard InChI is InChI=1S/C20H21ClN4O3/c1-28-17-5-3-2-4-15(17)22-19(27)25-10-8-20(9-11-25)23-16-12-13(21)6-7-14(16)18(26)24-20/h2-7,12,23H,8-11H2,1H3,(H,22,27)(H,24,26). The van der Waals surface area contributed by atoms with E-state index in [1.54, 1.807) is 42.3 Å². The number of urea groups is 1. The third-order valence-electron chi connectivity index (χ3n) is 5.21. The molecule has 8 heteroatoms. The van der Waals surface area contributed by atoms with E-state index in [-0.39, 0.29) is 11.9 Å². The number of para-hydroxylation sites is 2. The minimum Gasteiger partial charge on any atom is -0.495 e. The van der Waals surface area contributed by atoms with Gasteiger partial charge in [-0.25, -0.2) is 4.79 Å². The Morgan fingerprint density at radius 3 is 2.68 bits per heavy atom. The first-order valence-electron chi connectivity index (χ1n) is 9.09. The number of halogens is 1. The number of amides is 3. The average Bonchev–Trinajstić information content (AvgIpc) is 2.68. The summed E-state index contributed by atoms with van der Waals surface area (Å²) < 4.78 is 5.28. The van der Waals surface area contributed by atoms with Gasteiger partial charge in [0.15, 0.2) is 0 Å². The molecule has 0 radical (unpaired) electrons. The summed E-state index contributed by atoms with van der Waals surface area (Å²) in [5.74, 6) is 0.483. The van der Waals surface area contributed by atoms with Crippen LogP contribution in [0.1, 0.15) is 23.2 Å². The van der Waals surface area contributed by atoms with Crippen LogP contribution in [0, 0.1) is 0 Å². The molecule has 7 nitrogen and oxygen atoms in total. The van der Waals surface area contributed by atoms with Crippen molar-refractivity contribution in [2.24, 2.45) is 0 Å².